The minimum atomic E-state index is -3.91. The van der Waals surface area contributed by atoms with Crippen LogP contribution in [0.25, 0.3) is 0 Å². The van der Waals surface area contributed by atoms with Gasteiger partial charge in [0, 0.05) is 27.9 Å². The molecule has 0 aliphatic carbocycles. The van der Waals surface area contributed by atoms with Gasteiger partial charge in [-0.2, -0.15) is 8.42 Å². The van der Waals surface area contributed by atoms with E-state index in [9.17, 15) is 8.42 Å². The highest BCUT2D eigenvalue weighted by Gasteiger charge is 2.37. The highest BCUT2D eigenvalue weighted by Crippen LogP contribution is 2.70. The summed E-state index contributed by atoms with van der Waals surface area (Å²) < 4.78 is 54.5. The first-order chi connectivity index (χ1) is 17.2. The fraction of sp³-hybridized carbons (Fsp3) is 0.333. The van der Waals surface area contributed by atoms with Crippen LogP contribution in [0.2, 0.25) is 0 Å². The molecule has 0 saturated heterocycles. The third-order valence-corrected chi connectivity index (χ3v) is 9.56. The Morgan fingerprint density at radius 3 is 1.53 bits per heavy atom. The van der Waals surface area contributed by atoms with Crippen molar-refractivity contribution < 1.29 is 31.0 Å². The van der Waals surface area contributed by atoms with Gasteiger partial charge < -0.3 is 18.9 Å². The zero-order valence-corrected chi connectivity index (χ0v) is 22.9. The summed E-state index contributed by atoms with van der Waals surface area (Å²) in [7, 11) is -6.67. The highest BCUT2D eigenvalue weighted by molar-refractivity contribution is 8.33. The van der Waals surface area contributed by atoms with Crippen molar-refractivity contribution in [2.24, 2.45) is 0 Å². The molecule has 0 spiro atoms. The number of benzene rings is 3. The molecule has 0 radical (unpaired) electrons. The first kappa shape index (κ1) is 28.0. The Morgan fingerprint density at radius 2 is 1.11 bits per heavy atom. The van der Waals surface area contributed by atoms with Crippen LogP contribution in [0.5, 0.6) is 11.5 Å². The summed E-state index contributed by atoms with van der Waals surface area (Å²) in [6, 6.07) is 23.9. The predicted molar refractivity (Wildman–Crippen MR) is 141 cm³/mol. The van der Waals surface area contributed by atoms with Gasteiger partial charge in [0.1, 0.15) is 11.5 Å². The molecule has 7 nitrogen and oxygen atoms in total. The maximum Gasteiger partial charge on any atom is 0.274 e. The van der Waals surface area contributed by atoms with Crippen molar-refractivity contribution in [2.75, 3.05) is 19.5 Å². The average molecular weight is 535 g/mol. The molecule has 196 valence electrons. The molecule has 0 N–H and O–H groups in total. The molecule has 2 atom stereocenters. The van der Waals surface area contributed by atoms with Gasteiger partial charge in [-0.3, -0.25) is 0 Å². The van der Waals surface area contributed by atoms with Crippen molar-refractivity contribution in [1.29, 1.82) is 0 Å². The molecule has 0 aliphatic heterocycles. The van der Waals surface area contributed by atoms with Crippen LogP contribution in [0.4, 0.5) is 0 Å². The van der Waals surface area contributed by atoms with Crippen molar-refractivity contribution in [3.63, 3.8) is 0 Å². The van der Waals surface area contributed by atoms with Crippen LogP contribution in [-0.4, -0.2) is 40.5 Å². The van der Waals surface area contributed by atoms with Crippen molar-refractivity contribution in [3.8, 4) is 11.5 Å². The Bertz CT molecular complexity index is 1160. The van der Waals surface area contributed by atoms with Gasteiger partial charge in [-0.25, -0.2) is 3.63 Å². The van der Waals surface area contributed by atoms with Gasteiger partial charge in [-0.15, -0.1) is 0 Å². The van der Waals surface area contributed by atoms with Gasteiger partial charge in [0.2, 0.25) is 0 Å². The third-order valence-electron chi connectivity index (χ3n) is 4.98. The number of hydrogen-bond donors (Lipinski definition) is 0. The van der Waals surface area contributed by atoms with Crippen molar-refractivity contribution in [2.45, 2.75) is 55.0 Å². The summed E-state index contributed by atoms with van der Waals surface area (Å²) in [5.74, 6) is 1.08. The van der Waals surface area contributed by atoms with E-state index in [0.717, 1.165) is 6.26 Å². The van der Waals surface area contributed by atoms with E-state index in [1.54, 1.807) is 38.1 Å². The largest absolute Gasteiger partial charge is 0.465 e. The summed E-state index contributed by atoms with van der Waals surface area (Å²) in [5, 5.41) is 0. The van der Waals surface area contributed by atoms with E-state index in [1.165, 1.54) is 0 Å². The minimum absolute atomic E-state index is 0.473. The molecule has 0 saturated carbocycles. The molecule has 0 aromatic heterocycles. The quantitative estimate of drug-likeness (QED) is 0.235. The van der Waals surface area contributed by atoms with Crippen LogP contribution in [0.3, 0.4) is 0 Å². The summed E-state index contributed by atoms with van der Waals surface area (Å²) in [6.45, 7) is 8.40. The van der Waals surface area contributed by atoms with Crippen LogP contribution < -0.4 is 9.47 Å². The first-order valence-corrected chi connectivity index (χ1v) is 15.1. The lowest BCUT2D eigenvalue weighted by Crippen LogP contribution is -2.17. The fourth-order valence-electron chi connectivity index (χ4n) is 3.70. The molecule has 3 aromatic carbocycles. The van der Waals surface area contributed by atoms with Gasteiger partial charge in [-0.1, -0.05) is 30.3 Å². The topological polar surface area (TPSA) is 80.3 Å². The molecule has 2 unspecified atom stereocenters. The molecule has 36 heavy (non-hydrogen) atoms. The van der Waals surface area contributed by atoms with Crippen molar-refractivity contribution >= 4 is 20.4 Å². The van der Waals surface area contributed by atoms with Gasteiger partial charge in [0.25, 0.3) is 10.1 Å². The number of ether oxygens (including phenoxy) is 4. The molecule has 0 amide bonds. The second-order valence-corrected chi connectivity index (χ2v) is 12.4. The van der Waals surface area contributed by atoms with E-state index in [0.29, 0.717) is 39.4 Å². The molecule has 0 fully saturated rings. The summed E-state index contributed by atoms with van der Waals surface area (Å²) in [6.07, 6.45) is 0.116. The van der Waals surface area contributed by atoms with Crippen LogP contribution in [0.1, 0.15) is 27.7 Å². The molecule has 0 aliphatic rings. The maximum absolute atomic E-state index is 12.8. The smallest absolute Gasteiger partial charge is 0.274 e. The van der Waals surface area contributed by atoms with Crippen molar-refractivity contribution in [1.82, 2.24) is 0 Å². The monoisotopic (exact) mass is 534 g/mol. The van der Waals surface area contributed by atoms with Crippen molar-refractivity contribution in [3.05, 3.63) is 78.9 Å². The highest BCUT2D eigenvalue weighted by atomic mass is 32.3. The summed E-state index contributed by atoms with van der Waals surface area (Å²) in [5.41, 5.74) is 0. The van der Waals surface area contributed by atoms with Crippen LogP contribution in [0, 0.1) is 0 Å². The van der Waals surface area contributed by atoms with Gasteiger partial charge in [0.15, 0.2) is 12.6 Å². The Labute approximate surface area is 216 Å². The molecule has 0 heterocycles. The number of rotatable bonds is 13. The van der Waals surface area contributed by atoms with Crippen LogP contribution in [-0.2, 0) is 23.2 Å². The summed E-state index contributed by atoms with van der Waals surface area (Å²) in [4.78, 5) is 2.01. The molecular weight excluding hydrogens is 500 g/mol. The van der Waals surface area contributed by atoms with E-state index in [1.807, 2.05) is 68.4 Å². The maximum atomic E-state index is 12.8. The standard InChI is InChI=1S/C27H34O7S2/c1-6-30-21(3)32-23-13-11-17-26(19-23)36(34-35(5,28)29,25-15-9-8-10-16-25)27-18-12-14-24(20-27)33-22(4)31-7-2/h8-22H,6-7H2,1-5H3. The van der Waals surface area contributed by atoms with Gasteiger partial charge in [-0.05, 0) is 86.5 Å². The zero-order valence-electron chi connectivity index (χ0n) is 21.2. The third kappa shape index (κ3) is 7.24. The van der Waals surface area contributed by atoms with E-state index in [-0.39, 0.29) is 0 Å². The molecule has 0 bridgehead atoms. The normalized spacial score (nSPS) is 15.9. The predicted octanol–water partition coefficient (Wildman–Crippen LogP) is 6.38. The lowest BCUT2D eigenvalue weighted by atomic mass is 10.3. The van der Waals surface area contributed by atoms with Gasteiger partial charge in [0.05, 0.1) is 6.26 Å². The lowest BCUT2D eigenvalue weighted by Gasteiger charge is -2.39. The summed E-state index contributed by atoms with van der Waals surface area (Å²) >= 11 is 0. The van der Waals surface area contributed by atoms with Gasteiger partial charge >= 0.3 is 0 Å². The zero-order chi connectivity index (χ0) is 26.2. The molecule has 3 rings (SSSR count). The molecular formula is C27H34O7S2. The van der Waals surface area contributed by atoms with E-state index < -0.39 is 33.0 Å². The first-order valence-electron chi connectivity index (χ1n) is 11.7. The fourth-order valence-corrected chi connectivity index (χ4v) is 8.58. The lowest BCUT2D eigenvalue weighted by molar-refractivity contribution is -0.0617. The second kappa shape index (κ2) is 12.6. The SMILES string of the molecule is CCOC(C)Oc1cccc(S(OS(C)(=O)=O)(c2ccccc2)c2cccc(OC(C)OCC)c2)c1. The Hall–Kier alpha value is -2.56. The molecule has 3 aromatic rings. The van der Waals surface area contributed by atoms with E-state index in [2.05, 4.69) is 0 Å². The Kier molecular flexibility index (Phi) is 9.81. The Balaban J connectivity index is 2.23. The van der Waals surface area contributed by atoms with Crippen LogP contribution >= 0.6 is 10.3 Å². The van der Waals surface area contributed by atoms with E-state index in [4.69, 9.17) is 22.6 Å². The molecule has 9 heteroatoms. The second-order valence-electron chi connectivity index (χ2n) is 7.87. The van der Waals surface area contributed by atoms with Crippen LogP contribution in [0.15, 0.2) is 93.5 Å². The minimum Gasteiger partial charge on any atom is -0.465 e. The average Bonchev–Trinajstić information content (AvgIpc) is 2.83. The van der Waals surface area contributed by atoms with E-state index >= 15 is 0 Å². The number of hydrogen-bond acceptors (Lipinski definition) is 7. The Morgan fingerprint density at radius 1 is 0.667 bits per heavy atom.